The Kier molecular flexibility index (Phi) is 6.34. The molecule has 120 valence electrons. The lowest BCUT2D eigenvalue weighted by molar-refractivity contribution is -0.134. The van der Waals surface area contributed by atoms with Crippen molar-refractivity contribution in [1.82, 2.24) is 10.2 Å². The molecule has 0 aliphatic carbocycles. The Morgan fingerprint density at radius 2 is 1.86 bits per heavy atom. The highest BCUT2D eigenvalue weighted by Crippen LogP contribution is 2.13. The van der Waals surface area contributed by atoms with Gasteiger partial charge in [0.05, 0.1) is 0 Å². The first-order valence-corrected chi connectivity index (χ1v) is 7.97. The average Bonchev–Trinajstić information content (AvgIpc) is 2.54. The molecule has 1 saturated heterocycles. The smallest absolute Gasteiger partial charge is 0.260 e. The highest BCUT2D eigenvalue weighted by Gasteiger charge is 2.25. The molecule has 7 heteroatoms. The van der Waals surface area contributed by atoms with Crippen LogP contribution < -0.4 is 10.1 Å². The van der Waals surface area contributed by atoms with Crippen LogP contribution in [0.4, 0.5) is 0 Å². The van der Waals surface area contributed by atoms with Gasteiger partial charge in [-0.1, -0.05) is 41.4 Å². The number of para-hydroxylation sites is 1. The van der Waals surface area contributed by atoms with Gasteiger partial charge in [0.25, 0.3) is 11.8 Å². The number of benzene rings is 1. The van der Waals surface area contributed by atoms with Crippen molar-refractivity contribution in [2.75, 3.05) is 19.7 Å². The topological polar surface area (TPSA) is 58.6 Å². The molecule has 1 aromatic rings. The Morgan fingerprint density at radius 3 is 2.45 bits per heavy atom. The van der Waals surface area contributed by atoms with Gasteiger partial charge in [0, 0.05) is 19.1 Å². The van der Waals surface area contributed by atoms with E-state index in [0.29, 0.717) is 31.7 Å². The standard InChI is InChI=1S/C15H18Cl2N2O3/c16-14(17)15(21)18-11-6-8-19(9-7-11)13(20)10-22-12-4-2-1-3-5-12/h1-5,11,14H,6-10H2,(H,18,21). The highest BCUT2D eigenvalue weighted by molar-refractivity contribution is 6.53. The van der Waals surface area contributed by atoms with E-state index in [4.69, 9.17) is 27.9 Å². The van der Waals surface area contributed by atoms with Crippen LogP contribution in [0.15, 0.2) is 30.3 Å². The molecule has 2 amide bonds. The molecule has 1 aromatic carbocycles. The molecule has 0 radical (unpaired) electrons. The summed E-state index contributed by atoms with van der Waals surface area (Å²) in [6.45, 7) is 1.18. The van der Waals surface area contributed by atoms with Crippen LogP contribution in [-0.4, -0.2) is 47.3 Å². The minimum atomic E-state index is -1.06. The molecule has 22 heavy (non-hydrogen) atoms. The zero-order valence-corrected chi connectivity index (χ0v) is 13.5. The Morgan fingerprint density at radius 1 is 1.23 bits per heavy atom. The number of hydrogen-bond donors (Lipinski definition) is 1. The molecule has 1 aliphatic rings. The molecule has 0 spiro atoms. The molecule has 0 atom stereocenters. The summed E-state index contributed by atoms with van der Waals surface area (Å²) in [5, 5.41) is 2.76. The Labute approximate surface area is 139 Å². The SMILES string of the molecule is O=C(NC1CCN(C(=O)COc2ccccc2)CC1)C(Cl)Cl. The molecular weight excluding hydrogens is 327 g/mol. The predicted molar refractivity (Wildman–Crippen MR) is 85.2 cm³/mol. The van der Waals surface area contributed by atoms with Crippen LogP contribution in [0.3, 0.4) is 0 Å². The van der Waals surface area contributed by atoms with Crippen molar-refractivity contribution in [3.63, 3.8) is 0 Å². The number of ether oxygens (including phenoxy) is 1. The second-order valence-corrected chi connectivity index (χ2v) is 6.16. The number of rotatable bonds is 5. The zero-order valence-electron chi connectivity index (χ0n) is 12.0. The third-order valence-electron chi connectivity index (χ3n) is 3.50. The zero-order chi connectivity index (χ0) is 15.9. The lowest BCUT2D eigenvalue weighted by Gasteiger charge is -2.32. The fourth-order valence-electron chi connectivity index (χ4n) is 2.29. The molecule has 0 unspecified atom stereocenters. The average molecular weight is 345 g/mol. The fraction of sp³-hybridized carbons (Fsp3) is 0.467. The second-order valence-electron chi connectivity index (χ2n) is 5.07. The third-order valence-corrected chi connectivity index (χ3v) is 3.89. The van der Waals surface area contributed by atoms with Crippen LogP contribution in [0.25, 0.3) is 0 Å². The summed E-state index contributed by atoms with van der Waals surface area (Å²) in [7, 11) is 0. The summed E-state index contributed by atoms with van der Waals surface area (Å²) in [6.07, 6.45) is 1.37. The molecule has 1 N–H and O–H groups in total. The van der Waals surface area contributed by atoms with Gasteiger partial charge in [0.2, 0.25) is 0 Å². The summed E-state index contributed by atoms with van der Waals surface area (Å²) in [5.74, 6) is 0.231. The molecule has 1 fully saturated rings. The maximum atomic E-state index is 12.1. The number of alkyl halides is 2. The van der Waals surface area contributed by atoms with E-state index in [1.165, 1.54) is 0 Å². The van der Waals surface area contributed by atoms with Gasteiger partial charge in [-0.05, 0) is 25.0 Å². The van der Waals surface area contributed by atoms with Crippen molar-refractivity contribution < 1.29 is 14.3 Å². The van der Waals surface area contributed by atoms with Crippen molar-refractivity contribution in [3.05, 3.63) is 30.3 Å². The van der Waals surface area contributed by atoms with Gasteiger partial charge >= 0.3 is 0 Å². The molecular formula is C15H18Cl2N2O3. The van der Waals surface area contributed by atoms with Gasteiger partial charge in [-0.25, -0.2) is 0 Å². The maximum absolute atomic E-state index is 12.1. The quantitative estimate of drug-likeness (QED) is 0.831. The van der Waals surface area contributed by atoms with Gasteiger partial charge in [0.1, 0.15) is 5.75 Å². The van der Waals surface area contributed by atoms with Crippen LogP contribution in [-0.2, 0) is 9.59 Å². The van der Waals surface area contributed by atoms with E-state index in [2.05, 4.69) is 5.32 Å². The van der Waals surface area contributed by atoms with Crippen molar-refractivity contribution >= 4 is 35.0 Å². The van der Waals surface area contributed by atoms with E-state index in [1.807, 2.05) is 30.3 Å². The Hall–Kier alpha value is -1.46. The lowest BCUT2D eigenvalue weighted by atomic mass is 10.1. The summed E-state index contributed by atoms with van der Waals surface area (Å²) in [5.41, 5.74) is 0. The molecule has 2 rings (SSSR count). The summed E-state index contributed by atoms with van der Waals surface area (Å²) in [6, 6.07) is 9.23. The molecule has 0 bridgehead atoms. The predicted octanol–water partition coefficient (Wildman–Crippen LogP) is 1.98. The Balaban J connectivity index is 1.72. The molecule has 0 aromatic heterocycles. The first-order valence-electron chi connectivity index (χ1n) is 7.10. The largest absolute Gasteiger partial charge is 0.484 e. The Bertz CT molecular complexity index is 503. The van der Waals surface area contributed by atoms with E-state index < -0.39 is 4.84 Å². The number of piperidine rings is 1. The molecule has 0 saturated carbocycles. The normalized spacial score (nSPS) is 15.7. The van der Waals surface area contributed by atoms with E-state index in [0.717, 1.165) is 0 Å². The van der Waals surface area contributed by atoms with E-state index in [1.54, 1.807) is 4.90 Å². The van der Waals surface area contributed by atoms with Crippen LogP contribution in [0, 0.1) is 0 Å². The minimum Gasteiger partial charge on any atom is -0.484 e. The number of hydrogen-bond acceptors (Lipinski definition) is 3. The van der Waals surface area contributed by atoms with Crippen molar-refractivity contribution in [3.8, 4) is 5.75 Å². The van der Waals surface area contributed by atoms with Crippen LogP contribution in [0.5, 0.6) is 5.75 Å². The van der Waals surface area contributed by atoms with Gasteiger partial charge < -0.3 is 15.0 Å². The van der Waals surface area contributed by atoms with Crippen molar-refractivity contribution in [2.24, 2.45) is 0 Å². The first-order chi connectivity index (χ1) is 10.6. The fourth-order valence-corrected chi connectivity index (χ4v) is 2.42. The van der Waals surface area contributed by atoms with Gasteiger partial charge in [-0.3, -0.25) is 9.59 Å². The summed E-state index contributed by atoms with van der Waals surface area (Å²) < 4.78 is 5.45. The van der Waals surface area contributed by atoms with Crippen LogP contribution in [0.1, 0.15) is 12.8 Å². The molecule has 5 nitrogen and oxygen atoms in total. The van der Waals surface area contributed by atoms with Crippen molar-refractivity contribution in [2.45, 2.75) is 23.7 Å². The summed E-state index contributed by atoms with van der Waals surface area (Å²) in [4.78, 5) is 24.2. The maximum Gasteiger partial charge on any atom is 0.260 e. The lowest BCUT2D eigenvalue weighted by Crippen LogP contribution is -2.48. The molecule has 1 heterocycles. The first kappa shape index (κ1) is 16.9. The van der Waals surface area contributed by atoms with Gasteiger partial charge in [-0.15, -0.1) is 0 Å². The number of halogens is 2. The van der Waals surface area contributed by atoms with E-state index in [9.17, 15) is 9.59 Å². The second kappa shape index (κ2) is 8.25. The van der Waals surface area contributed by atoms with Crippen LogP contribution >= 0.6 is 23.2 Å². The van der Waals surface area contributed by atoms with Crippen LogP contribution in [0.2, 0.25) is 0 Å². The van der Waals surface area contributed by atoms with E-state index in [-0.39, 0.29) is 24.5 Å². The monoisotopic (exact) mass is 344 g/mol. The highest BCUT2D eigenvalue weighted by atomic mass is 35.5. The van der Waals surface area contributed by atoms with Crippen molar-refractivity contribution in [1.29, 1.82) is 0 Å². The number of nitrogens with one attached hydrogen (secondary N) is 1. The summed E-state index contributed by atoms with van der Waals surface area (Å²) >= 11 is 11.0. The third kappa shape index (κ3) is 5.07. The number of nitrogens with zero attached hydrogens (tertiary/aromatic N) is 1. The number of carbonyl (C=O) groups is 2. The number of amides is 2. The minimum absolute atomic E-state index is 0.00610. The van der Waals surface area contributed by atoms with Gasteiger partial charge in [0.15, 0.2) is 11.4 Å². The number of likely N-dealkylation sites (tertiary alicyclic amines) is 1. The molecule has 1 aliphatic heterocycles. The van der Waals surface area contributed by atoms with E-state index >= 15 is 0 Å². The number of carbonyl (C=O) groups excluding carboxylic acids is 2. The van der Waals surface area contributed by atoms with Gasteiger partial charge in [-0.2, -0.15) is 0 Å².